The molecular weight excluding hydrogens is 400 g/mol. The van der Waals surface area contributed by atoms with Crippen molar-refractivity contribution in [3.05, 3.63) is 107 Å². The quantitative estimate of drug-likeness (QED) is 0.537. The van der Waals surface area contributed by atoms with Gasteiger partial charge in [0.05, 0.1) is 25.2 Å². The Kier molecular flexibility index (Phi) is 5.91. The van der Waals surface area contributed by atoms with Crippen LogP contribution in [0.3, 0.4) is 0 Å². The molecule has 1 aliphatic heterocycles. The molecule has 0 aromatic heterocycles. The van der Waals surface area contributed by atoms with Gasteiger partial charge in [0.1, 0.15) is 0 Å². The minimum absolute atomic E-state index is 0.226. The Morgan fingerprint density at radius 2 is 1.33 bits per heavy atom. The molecule has 0 spiro atoms. The van der Waals surface area contributed by atoms with E-state index in [0.29, 0.717) is 10.6 Å². The molecule has 0 unspecified atom stereocenters. The maximum absolute atomic E-state index is 13.0. The molecule has 1 saturated heterocycles. The van der Waals surface area contributed by atoms with Crippen LogP contribution in [0.4, 0.5) is 0 Å². The Morgan fingerprint density at radius 3 is 1.80 bits per heavy atom. The first-order valence-electron chi connectivity index (χ1n) is 9.93. The smallest absolute Gasteiger partial charge is 0.372 e. The first-order valence-corrected chi connectivity index (χ1v) is 10.3. The Morgan fingerprint density at radius 1 is 0.833 bits per heavy atom. The maximum atomic E-state index is 13.0. The molecule has 5 heteroatoms. The normalized spacial score (nSPS) is 17.3. The van der Waals surface area contributed by atoms with Gasteiger partial charge in [0.2, 0.25) is 0 Å². The van der Waals surface area contributed by atoms with Crippen LogP contribution in [0.15, 0.2) is 84.9 Å². The second-order valence-electron chi connectivity index (χ2n) is 7.24. The molecule has 3 aromatic carbocycles. The van der Waals surface area contributed by atoms with Gasteiger partial charge in [0.15, 0.2) is 0 Å². The number of hydrogen-bond acceptors (Lipinski definition) is 4. The van der Waals surface area contributed by atoms with Gasteiger partial charge < -0.3 is 14.2 Å². The lowest BCUT2D eigenvalue weighted by molar-refractivity contribution is -0.290. The monoisotopic (exact) mass is 422 g/mol. The number of ether oxygens (including phenoxy) is 3. The zero-order valence-electron chi connectivity index (χ0n) is 16.7. The third kappa shape index (κ3) is 3.63. The summed E-state index contributed by atoms with van der Waals surface area (Å²) < 4.78 is 17.9. The van der Waals surface area contributed by atoms with Crippen LogP contribution in [0.5, 0.6) is 0 Å². The number of esters is 1. The van der Waals surface area contributed by atoms with Crippen molar-refractivity contribution in [1.82, 2.24) is 0 Å². The van der Waals surface area contributed by atoms with Crippen LogP contribution in [0.2, 0.25) is 5.02 Å². The molecule has 0 radical (unpaired) electrons. The lowest BCUT2D eigenvalue weighted by Crippen LogP contribution is -2.55. The minimum Gasteiger partial charge on any atom is -0.462 e. The standard InChI is InChI=1S/C25H23ClO4/c1-2-28-23(27)25(21-13-15-22(26)16-14-21)29-17-24(18-30-25,19-9-5-3-6-10-19)20-11-7-4-8-12-20/h3-16H,2,17-18H2,1H3. The van der Waals surface area contributed by atoms with Crippen LogP contribution in [0, 0.1) is 0 Å². The largest absolute Gasteiger partial charge is 0.462 e. The second-order valence-corrected chi connectivity index (χ2v) is 7.67. The van der Waals surface area contributed by atoms with E-state index >= 15 is 0 Å². The average molecular weight is 423 g/mol. The van der Waals surface area contributed by atoms with Crippen molar-refractivity contribution >= 4 is 17.6 Å². The van der Waals surface area contributed by atoms with Gasteiger partial charge in [-0.2, -0.15) is 0 Å². The Hall–Kier alpha value is -2.66. The highest BCUT2D eigenvalue weighted by Crippen LogP contribution is 2.43. The number of hydrogen-bond donors (Lipinski definition) is 0. The number of rotatable bonds is 5. The van der Waals surface area contributed by atoms with Crippen molar-refractivity contribution in [2.24, 2.45) is 0 Å². The summed E-state index contributed by atoms with van der Waals surface area (Å²) in [6.45, 7) is 2.49. The van der Waals surface area contributed by atoms with E-state index in [1.165, 1.54) is 0 Å². The predicted molar refractivity (Wildman–Crippen MR) is 115 cm³/mol. The third-order valence-corrected chi connectivity index (χ3v) is 5.72. The minimum atomic E-state index is -1.63. The summed E-state index contributed by atoms with van der Waals surface area (Å²) in [5, 5.41) is 0.566. The van der Waals surface area contributed by atoms with Crippen LogP contribution in [-0.2, 0) is 30.2 Å². The summed E-state index contributed by atoms with van der Waals surface area (Å²) in [5.41, 5.74) is 2.12. The van der Waals surface area contributed by atoms with Crippen molar-refractivity contribution in [3.8, 4) is 0 Å². The topological polar surface area (TPSA) is 44.8 Å². The third-order valence-electron chi connectivity index (χ3n) is 5.46. The van der Waals surface area contributed by atoms with E-state index in [1.807, 2.05) is 36.4 Å². The first kappa shape index (κ1) is 20.6. The summed E-state index contributed by atoms with van der Waals surface area (Å²) >= 11 is 6.04. The van der Waals surface area contributed by atoms with Gasteiger partial charge in [-0.25, -0.2) is 4.79 Å². The van der Waals surface area contributed by atoms with Crippen LogP contribution in [0.25, 0.3) is 0 Å². The van der Waals surface area contributed by atoms with Gasteiger partial charge in [-0.15, -0.1) is 0 Å². The fraction of sp³-hybridized carbons (Fsp3) is 0.240. The second kappa shape index (κ2) is 8.60. The van der Waals surface area contributed by atoms with Crippen LogP contribution in [0.1, 0.15) is 23.6 Å². The van der Waals surface area contributed by atoms with E-state index in [4.69, 9.17) is 25.8 Å². The van der Waals surface area contributed by atoms with E-state index in [0.717, 1.165) is 11.1 Å². The number of halogens is 1. The molecule has 1 fully saturated rings. The highest BCUT2D eigenvalue weighted by molar-refractivity contribution is 6.30. The summed E-state index contributed by atoms with van der Waals surface area (Å²) in [6.07, 6.45) is 0. The van der Waals surface area contributed by atoms with Gasteiger partial charge in [-0.05, 0) is 30.2 Å². The molecular formula is C25H23ClO4. The van der Waals surface area contributed by atoms with Crippen molar-refractivity contribution in [1.29, 1.82) is 0 Å². The lowest BCUT2D eigenvalue weighted by Gasteiger charge is -2.45. The molecule has 3 aromatic rings. The van der Waals surface area contributed by atoms with Gasteiger partial charge >= 0.3 is 5.97 Å². The van der Waals surface area contributed by atoms with Crippen molar-refractivity contribution in [3.63, 3.8) is 0 Å². The van der Waals surface area contributed by atoms with Gasteiger partial charge in [0.25, 0.3) is 5.79 Å². The number of carbonyl (C=O) groups excluding carboxylic acids is 1. The lowest BCUT2D eigenvalue weighted by atomic mass is 9.75. The fourth-order valence-corrected chi connectivity index (χ4v) is 3.97. The SMILES string of the molecule is CCOC(=O)C1(c2ccc(Cl)cc2)OCC(c2ccccc2)(c2ccccc2)CO1. The summed E-state index contributed by atoms with van der Waals surface area (Å²) in [7, 11) is 0. The van der Waals surface area contributed by atoms with Crippen molar-refractivity contribution in [2.45, 2.75) is 18.1 Å². The molecule has 1 aliphatic rings. The molecule has 154 valence electrons. The van der Waals surface area contributed by atoms with Crippen LogP contribution < -0.4 is 0 Å². The Bertz CT molecular complexity index is 937. The highest BCUT2D eigenvalue weighted by Gasteiger charge is 2.53. The Balaban J connectivity index is 1.76. The molecule has 1 heterocycles. The van der Waals surface area contributed by atoms with Crippen molar-refractivity contribution in [2.75, 3.05) is 19.8 Å². The Labute approximate surface area is 181 Å². The molecule has 30 heavy (non-hydrogen) atoms. The molecule has 4 rings (SSSR count). The maximum Gasteiger partial charge on any atom is 0.372 e. The number of benzene rings is 3. The predicted octanol–water partition coefficient (Wildman–Crippen LogP) is 5.09. The van der Waals surface area contributed by atoms with Gasteiger partial charge in [-0.1, -0.05) is 84.4 Å². The summed E-state index contributed by atoms with van der Waals surface area (Å²) in [6, 6.07) is 27.0. The van der Waals surface area contributed by atoms with E-state index in [9.17, 15) is 4.79 Å². The van der Waals surface area contributed by atoms with E-state index in [2.05, 4.69) is 24.3 Å². The highest BCUT2D eigenvalue weighted by atomic mass is 35.5. The van der Waals surface area contributed by atoms with E-state index in [-0.39, 0.29) is 19.8 Å². The van der Waals surface area contributed by atoms with Crippen molar-refractivity contribution < 1.29 is 19.0 Å². The molecule has 4 nitrogen and oxygen atoms in total. The van der Waals surface area contributed by atoms with Gasteiger partial charge in [0, 0.05) is 10.6 Å². The molecule has 0 bridgehead atoms. The first-order chi connectivity index (χ1) is 14.6. The molecule has 0 aliphatic carbocycles. The zero-order valence-corrected chi connectivity index (χ0v) is 17.5. The fourth-order valence-electron chi connectivity index (χ4n) is 3.85. The van der Waals surface area contributed by atoms with Crippen LogP contribution in [-0.4, -0.2) is 25.8 Å². The summed E-state index contributed by atoms with van der Waals surface area (Å²) in [4.78, 5) is 13.0. The molecule has 0 atom stereocenters. The van der Waals surface area contributed by atoms with Gasteiger partial charge in [-0.3, -0.25) is 0 Å². The molecule has 0 amide bonds. The zero-order chi connectivity index (χ0) is 21.0. The number of carbonyl (C=O) groups is 1. The van der Waals surface area contributed by atoms with Crippen LogP contribution >= 0.6 is 11.6 Å². The average Bonchev–Trinajstić information content (AvgIpc) is 2.81. The van der Waals surface area contributed by atoms with E-state index < -0.39 is 17.2 Å². The molecule has 0 saturated carbocycles. The summed E-state index contributed by atoms with van der Waals surface area (Å²) in [5.74, 6) is -2.20. The van der Waals surface area contributed by atoms with E-state index in [1.54, 1.807) is 31.2 Å². The molecule has 0 N–H and O–H groups in total.